The summed E-state index contributed by atoms with van der Waals surface area (Å²) in [5.41, 5.74) is 0.803. The summed E-state index contributed by atoms with van der Waals surface area (Å²) in [6, 6.07) is 2.10. The van der Waals surface area contributed by atoms with E-state index in [-0.39, 0.29) is 11.5 Å². The summed E-state index contributed by atoms with van der Waals surface area (Å²) >= 11 is 1.51. The zero-order valence-electron chi connectivity index (χ0n) is 16.0. The fourth-order valence-electron chi connectivity index (χ4n) is 3.33. The predicted octanol–water partition coefficient (Wildman–Crippen LogP) is 4.09. The monoisotopic (exact) mass is 407 g/mol. The van der Waals surface area contributed by atoms with Crippen LogP contribution in [-0.2, 0) is 9.59 Å². The van der Waals surface area contributed by atoms with E-state index in [1.165, 1.54) is 16.2 Å². The second-order valence-corrected chi connectivity index (χ2v) is 8.17. The van der Waals surface area contributed by atoms with Gasteiger partial charge in [0.1, 0.15) is 11.6 Å². The first-order valence-corrected chi connectivity index (χ1v) is 10.2. The molecule has 28 heavy (non-hydrogen) atoms. The molecular formula is C20H23F2N3O2S. The first-order valence-electron chi connectivity index (χ1n) is 9.29. The molecule has 5 nitrogen and oxygen atoms in total. The van der Waals surface area contributed by atoms with Crippen molar-refractivity contribution in [2.75, 3.05) is 6.54 Å². The second kappa shape index (κ2) is 8.34. The number of nitrogens with zero attached hydrogens (tertiary/aromatic N) is 2. The van der Waals surface area contributed by atoms with Gasteiger partial charge in [-0.3, -0.25) is 9.59 Å². The summed E-state index contributed by atoms with van der Waals surface area (Å²) in [7, 11) is 0. The molecule has 2 unspecified atom stereocenters. The second-order valence-electron chi connectivity index (χ2n) is 7.28. The highest BCUT2D eigenvalue weighted by Crippen LogP contribution is 2.34. The number of halogens is 2. The van der Waals surface area contributed by atoms with E-state index in [0.29, 0.717) is 25.1 Å². The van der Waals surface area contributed by atoms with E-state index in [0.717, 1.165) is 23.2 Å². The van der Waals surface area contributed by atoms with Crippen LogP contribution in [-0.4, -0.2) is 28.2 Å². The Morgan fingerprint density at radius 2 is 2.04 bits per heavy atom. The number of benzene rings is 1. The fraction of sp³-hybridized carbons (Fsp3) is 0.450. The third-order valence-corrected chi connectivity index (χ3v) is 6.01. The number of amides is 2. The molecule has 1 fully saturated rings. The van der Waals surface area contributed by atoms with Gasteiger partial charge in [-0.1, -0.05) is 13.8 Å². The van der Waals surface area contributed by atoms with Gasteiger partial charge >= 0.3 is 11.8 Å². The molecule has 2 amide bonds. The highest BCUT2D eigenvalue weighted by atomic mass is 32.1. The lowest BCUT2D eigenvalue weighted by Gasteiger charge is -2.25. The molecule has 1 aliphatic rings. The van der Waals surface area contributed by atoms with Crippen LogP contribution in [0.15, 0.2) is 23.6 Å². The molecule has 0 radical (unpaired) electrons. The van der Waals surface area contributed by atoms with Crippen LogP contribution in [0.1, 0.15) is 67.9 Å². The molecule has 1 aliphatic heterocycles. The van der Waals surface area contributed by atoms with E-state index in [2.05, 4.69) is 10.3 Å². The molecule has 0 saturated carbocycles. The molecule has 2 aromatic rings. The normalized spacial score (nSPS) is 17.8. The van der Waals surface area contributed by atoms with Gasteiger partial charge in [0, 0.05) is 23.4 Å². The minimum atomic E-state index is -0.768. The van der Waals surface area contributed by atoms with Gasteiger partial charge in [-0.05, 0) is 38.0 Å². The van der Waals surface area contributed by atoms with Crippen molar-refractivity contribution in [2.24, 2.45) is 0 Å². The molecule has 0 spiro atoms. The molecule has 0 aliphatic carbocycles. The Morgan fingerprint density at radius 3 is 2.71 bits per heavy atom. The molecule has 8 heteroatoms. The van der Waals surface area contributed by atoms with Crippen LogP contribution in [0.4, 0.5) is 8.78 Å². The van der Waals surface area contributed by atoms with Crippen LogP contribution < -0.4 is 5.32 Å². The van der Waals surface area contributed by atoms with Gasteiger partial charge < -0.3 is 10.2 Å². The first-order chi connectivity index (χ1) is 13.3. The zero-order chi connectivity index (χ0) is 20.4. The van der Waals surface area contributed by atoms with Crippen LogP contribution >= 0.6 is 11.3 Å². The third-order valence-electron chi connectivity index (χ3n) is 4.85. The summed E-state index contributed by atoms with van der Waals surface area (Å²) < 4.78 is 27.7. The maximum Gasteiger partial charge on any atom is 0.312 e. The van der Waals surface area contributed by atoms with Crippen molar-refractivity contribution in [3.8, 4) is 0 Å². The van der Waals surface area contributed by atoms with Gasteiger partial charge in [-0.15, -0.1) is 11.3 Å². The van der Waals surface area contributed by atoms with Crippen molar-refractivity contribution in [2.45, 2.75) is 51.6 Å². The standard InChI is InChI=1S/C20H23F2N3O2S/c1-11(2)19-24-16(10-28-19)12(3)23-18(26)20(27)25-8-4-5-17(25)14-9-13(21)6-7-15(14)22/h6-7,9-12,17H,4-5,8H2,1-3H3,(H,23,26). The number of carbonyl (C=O) groups excluding carboxylic acids is 2. The van der Waals surface area contributed by atoms with Crippen molar-refractivity contribution >= 4 is 23.2 Å². The number of nitrogens with one attached hydrogen (secondary N) is 1. The Kier molecular flexibility index (Phi) is 6.07. The summed E-state index contributed by atoms with van der Waals surface area (Å²) in [6.45, 7) is 6.16. The Labute approximate surface area is 166 Å². The fourth-order valence-corrected chi connectivity index (χ4v) is 4.26. The van der Waals surface area contributed by atoms with E-state index < -0.39 is 35.5 Å². The molecule has 1 aromatic heterocycles. The number of hydrogen-bond acceptors (Lipinski definition) is 4. The van der Waals surface area contributed by atoms with Gasteiger partial charge in [0.2, 0.25) is 0 Å². The lowest BCUT2D eigenvalue weighted by Crippen LogP contribution is -2.43. The Hall–Kier alpha value is -2.35. The maximum absolute atomic E-state index is 14.1. The number of aromatic nitrogens is 1. The molecule has 1 aromatic carbocycles. The number of thiazole rings is 1. The molecule has 2 heterocycles. The number of hydrogen-bond donors (Lipinski definition) is 1. The van der Waals surface area contributed by atoms with Crippen LogP contribution in [0.3, 0.4) is 0 Å². The molecular weight excluding hydrogens is 384 g/mol. The summed E-state index contributed by atoms with van der Waals surface area (Å²) in [5, 5.41) is 5.50. The Morgan fingerprint density at radius 1 is 1.29 bits per heavy atom. The SMILES string of the molecule is CC(C)c1nc(C(C)NC(=O)C(=O)N2CCCC2c2cc(F)ccc2F)cs1. The third kappa shape index (κ3) is 4.22. The Balaban J connectivity index is 1.71. The van der Waals surface area contributed by atoms with Crippen LogP contribution in [0.5, 0.6) is 0 Å². The van der Waals surface area contributed by atoms with Crippen molar-refractivity contribution in [1.82, 2.24) is 15.2 Å². The lowest BCUT2D eigenvalue weighted by atomic mass is 10.0. The van der Waals surface area contributed by atoms with E-state index in [4.69, 9.17) is 0 Å². The smallest absolute Gasteiger partial charge is 0.312 e. The van der Waals surface area contributed by atoms with Crippen LogP contribution in [0, 0.1) is 11.6 Å². The van der Waals surface area contributed by atoms with Crippen molar-refractivity contribution in [3.63, 3.8) is 0 Å². The number of likely N-dealkylation sites (tertiary alicyclic amines) is 1. The highest BCUT2D eigenvalue weighted by molar-refractivity contribution is 7.09. The minimum absolute atomic E-state index is 0.104. The molecule has 1 saturated heterocycles. The highest BCUT2D eigenvalue weighted by Gasteiger charge is 2.35. The summed E-state index contributed by atoms with van der Waals surface area (Å²) in [6.07, 6.45) is 1.11. The number of carbonyl (C=O) groups is 2. The largest absolute Gasteiger partial charge is 0.340 e. The minimum Gasteiger partial charge on any atom is -0.340 e. The van der Waals surface area contributed by atoms with Gasteiger partial charge in [0.05, 0.1) is 22.8 Å². The van der Waals surface area contributed by atoms with Crippen molar-refractivity contribution in [3.05, 3.63) is 51.5 Å². The van der Waals surface area contributed by atoms with Gasteiger partial charge in [-0.2, -0.15) is 0 Å². The van der Waals surface area contributed by atoms with Gasteiger partial charge in [0.15, 0.2) is 0 Å². The molecule has 0 bridgehead atoms. The van der Waals surface area contributed by atoms with Crippen LogP contribution in [0.25, 0.3) is 0 Å². The molecule has 1 N–H and O–H groups in total. The van der Waals surface area contributed by atoms with Crippen molar-refractivity contribution in [1.29, 1.82) is 0 Å². The van der Waals surface area contributed by atoms with E-state index in [1.807, 2.05) is 19.2 Å². The molecule has 3 rings (SSSR count). The van der Waals surface area contributed by atoms with E-state index in [1.54, 1.807) is 6.92 Å². The topological polar surface area (TPSA) is 62.3 Å². The van der Waals surface area contributed by atoms with Gasteiger partial charge in [0.25, 0.3) is 0 Å². The van der Waals surface area contributed by atoms with E-state index in [9.17, 15) is 18.4 Å². The van der Waals surface area contributed by atoms with Gasteiger partial charge in [-0.25, -0.2) is 13.8 Å². The average Bonchev–Trinajstić information content (AvgIpc) is 3.32. The maximum atomic E-state index is 14.1. The lowest BCUT2D eigenvalue weighted by molar-refractivity contribution is -0.146. The summed E-state index contributed by atoms with van der Waals surface area (Å²) in [5.74, 6) is -2.37. The molecule has 150 valence electrons. The molecule has 2 atom stereocenters. The number of rotatable bonds is 4. The summed E-state index contributed by atoms with van der Waals surface area (Å²) in [4.78, 5) is 31.0. The Bertz CT molecular complexity index is 884. The average molecular weight is 407 g/mol. The predicted molar refractivity (Wildman–Crippen MR) is 103 cm³/mol. The quantitative estimate of drug-likeness (QED) is 0.777. The zero-order valence-corrected chi connectivity index (χ0v) is 16.9. The van der Waals surface area contributed by atoms with Crippen LogP contribution in [0.2, 0.25) is 0 Å². The van der Waals surface area contributed by atoms with Crippen molar-refractivity contribution < 1.29 is 18.4 Å². The first kappa shape index (κ1) is 20.4. The van der Waals surface area contributed by atoms with E-state index >= 15 is 0 Å².